The van der Waals surface area contributed by atoms with Crippen molar-refractivity contribution in [3.05, 3.63) is 58.8 Å². The third kappa shape index (κ3) is 3.13. The number of H-pyrrole nitrogens is 1. The van der Waals surface area contributed by atoms with Gasteiger partial charge in [-0.15, -0.1) is 0 Å². The highest BCUT2D eigenvalue weighted by Crippen LogP contribution is 2.11. The number of para-hydroxylation sites is 1. The van der Waals surface area contributed by atoms with Crippen LogP contribution in [0, 0.1) is 0 Å². The van der Waals surface area contributed by atoms with Crippen LogP contribution in [0.4, 0.5) is 5.95 Å². The maximum absolute atomic E-state index is 12.0. The Morgan fingerprint density at radius 1 is 1.29 bits per heavy atom. The second-order valence-corrected chi connectivity index (χ2v) is 5.10. The molecule has 0 aliphatic carbocycles. The number of rotatable bonds is 5. The van der Waals surface area contributed by atoms with Crippen molar-refractivity contribution in [2.75, 3.05) is 5.32 Å². The number of hydrogen-bond donors (Lipinski definition) is 2. The molecule has 1 atom stereocenters. The molecule has 0 saturated heterocycles. The van der Waals surface area contributed by atoms with Crippen LogP contribution < -0.4 is 10.9 Å². The first-order chi connectivity index (χ1) is 10.2. The second kappa shape index (κ2) is 5.83. The predicted molar refractivity (Wildman–Crippen MR) is 82.5 cm³/mol. The topological polar surface area (TPSA) is 70.9 Å². The Balaban J connectivity index is 1.71. The van der Waals surface area contributed by atoms with E-state index in [1.807, 2.05) is 30.3 Å². The van der Waals surface area contributed by atoms with Crippen LogP contribution in [0.2, 0.25) is 0 Å². The van der Waals surface area contributed by atoms with Gasteiger partial charge in [-0.25, -0.2) is 4.98 Å². The van der Waals surface area contributed by atoms with Gasteiger partial charge in [-0.05, 0) is 37.6 Å². The van der Waals surface area contributed by atoms with Crippen molar-refractivity contribution in [2.45, 2.75) is 25.8 Å². The van der Waals surface area contributed by atoms with Gasteiger partial charge in [0.1, 0.15) is 5.76 Å². The summed E-state index contributed by atoms with van der Waals surface area (Å²) < 4.78 is 5.31. The molecule has 2 heterocycles. The number of aromatic amines is 1. The molecule has 0 fully saturated rings. The Labute approximate surface area is 122 Å². The molecule has 0 radical (unpaired) electrons. The van der Waals surface area contributed by atoms with Gasteiger partial charge < -0.3 is 9.73 Å². The number of nitrogens with zero attached hydrogens (tertiary/aromatic N) is 1. The van der Waals surface area contributed by atoms with E-state index < -0.39 is 0 Å². The fourth-order valence-corrected chi connectivity index (χ4v) is 2.27. The SMILES string of the molecule is C[C@H](CCc1ccco1)Nc1nc2ccccc2c(=O)[nH]1. The number of nitrogens with one attached hydrogen (secondary N) is 2. The lowest BCUT2D eigenvalue weighted by atomic mass is 10.1. The number of hydrogen-bond acceptors (Lipinski definition) is 4. The Kier molecular flexibility index (Phi) is 3.73. The van der Waals surface area contributed by atoms with E-state index in [2.05, 4.69) is 22.2 Å². The van der Waals surface area contributed by atoms with Gasteiger partial charge in [0.25, 0.3) is 5.56 Å². The van der Waals surface area contributed by atoms with Gasteiger partial charge in [0.2, 0.25) is 5.95 Å². The molecule has 0 saturated carbocycles. The van der Waals surface area contributed by atoms with Crippen LogP contribution >= 0.6 is 0 Å². The van der Waals surface area contributed by atoms with Gasteiger partial charge in [-0.1, -0.05) is 12.1 Å². The van der Waals surface area contributed by atoms with Gasteiger partial charge in [-0.3, -0.25) is 9.78 Å². The van der Waals surface area contributed by atoms with Crippen molar-refractivity contribution in [3.8, 4) is 0 Å². The highest BCUT2D eigenvalue weighted by Gasteiger charge is 2.07. The van der Waals surface area contributed by atoms with Crippen LogP contribution in [0.1, 0.15) is 19.1 Å². The fourth-order valence-electron chi connectivity index (χ4n) is 2.27. The van der Waals surface area contributed by atoms with E-state index in [9.17, 15) is 4.79 Å². The molecule has 5 heteroatoms. The van der Waals surface area contributed by atoms with E-state index in [0.29, 0.717) is 16.9 Å². The Morgan fingerprint density at radius 3 is 2.95 bits per heavy atom. The first-order valence-electron chi connectivity index (χ1n) is 7.00. The third-order valence-corrected chi connectivity index (χ3v) is 3.40. The minimum absolute atomic E-state index is 0.124. The van der Waals surface area contributed by atoms with Crippen molar-refractivity contribution in [1.82, 2.24) is 9.97 Å². The van der Waals surface area contributed by atoms with Crippen molar-refractivity contribution in [1.29, 1.82) is 0 Å². The smallest absolute Gasteiger partial charge is 0.260 e. The molecule has 2 aromatic heterocycles. The zero-order valence-corrected chi connectivity index (χ0v) is 11.8. The van der Waals surface area contributed by atoms with Crippen LogP contribution in [0.5, 0.6) is 0 Å². The lowest BCUT2D eigenvalue weighted by molar-refractivity contribution is 0.494. The molecule has 0 spiro atoms. The maximum Gasteiger partial charge on any atom is 0.260 e. The summed E-state index contributed by atoms with van der Waals surface area (Å²) in [6.45, 7) is 2.05. The van der Waals surface area contributed by atoms with Gasteiger partial charge in [0.05, 0.1) is 17.2 Å². The van der Waals surface area contributed by atoms with Crippen LogP contribution in [0.15, 0.2) is 51.9 Å². The largest absolute Gasteiger partial charge is 0.469 e. The summed E-state index contributed by atoms with van der Waals surface area (Å²) in [5.41, 5.74) is 0.573. The van der Waals surface area contributed by atoms with E-state index in [0.717, 1.165) is 18.6 Å². The highest BCUT2D eigenvalue weighted by atomic mass is 16.3. The van der Waals surface area contributed by atoms with Crippen molar-refractivity contribution in [3.63, 3.8) is 0 Å². The van der Waals surface area contributed by atoms with Crippen LogP contribution in [0.25, 0.3) is 10.9 Å². The highest BCUT2D eigenvalue weighted by molar-refractivity contribution is 5.78. The van der Waals surface area contributed by atoms with Crippen molar-refractivity contribution >= 4 is 16.9 Å². The average molecular weight is 283 g/mol. The minimum atomic E-state index is -0.124. The molecular formula is C16H17N3O2. The van der Waals surface area contributed by atoms with E-state index in [-0.39, 0.29) is 11.6 Å². The van der Waals surface area contributed by atoms with Crippen molar-refractivity contribution in [2.24, 2.45) is 0 Å². The lowest BCUT2D eigenvalue weighted by Crippen LogP contribution is -2.20. The molecule has 0 amide bonds. The van der Waals surface area contributed by atoms with Crippen LogP contribution in [0.3, 0.4) is 0 Å². The summed E-state index contributed by atoms with van der Waals surface area (Å²) in [6, 6.07) is 11.3. The second-order valence-electron chi connectivity index (χ2n) is 5.10. The molecular weight excluding hydrogens is 266 g/mol. The zero-order valence-electron chi connectivity index (χ0n) is 11.8. The zero-order chi connectivity index (χ0) is 14.7. The average Bonchev–Trinajstić information content (AvgIpc) is 2.98. The number of anilines is 1. The summed E-state index contributed by atoms with van der Waals surface area (Å²) in [5.74, 6) is 1.47. The molecule has 0 bridgehead atoms. The summed E-state index contributed by atoms with van der Waals surface area (Å²) in [6.07, 6.45) is 3.42. The van der Waals surface area contributed by atoms with E-state index in [1.54, 1.807) is 12.3 Å². The quantitative estimate of drug-likeness (QED) is 0.755. The lowest BCUT2D eigenvalue weighted by Gasteiger charge is -2.13. The summed E-state index contributed by atoms with van der Waals surface area (Å²) in [7, 11) is 0. The Hall–Kier alpha value is -2.56. The molecule has 21 heavy (non-hydrogen) atoms. The molecule has 0 unspecified atom stereocenters. The van der Waals surface area contributed by atoms with Crippen molar-refractivity contribution < 1.29 is 4.42 Å². The molecule has 3 rings (SSSR count). The summed E-state index contributed by atoms with van der Waals surface area (Å²) >= 11 is 0. The van der Waals surface area contributed by atoms with E-state index in [4.69, 9.17) is 4.42 Å². The third-order valence-electron chi connectivity index (χ3n) is 3.40. The normalized spacial score (nSPS) is 12.4. The molecule has 2 N–H and O–H groups in total. The molecule has 108 valence electrons. The molecule has 0 aliphatic rings. The number of benzene rings is 1. The number of fused-ring (bicyclic) bond motifs is 1. The predicted octanol–water partition coefficient (Wildman–Crippen LogP) is 2.95. The van der Waals surface area contributed by atoms with Crippen LogP contribution in [-0.4, -0.2) is 16.0 Å². The van der Waals surface area contributed by atoms with Gasteiger partial charge in [0, 0.05) is 12.5 Å². The van der Waals surface area contributed by atoms with E-state index in [1.165, 1.54) is 0 Å². The first-order valence-corrected chi connectivity index (χ1v) is 7.00. The monoisotopic (exact) mass is 283 g/mol. The number of aromatic nitrogens is 2. The first kappa shape index (κ1) is 13.4. The molecule has 0 aliphatic heterocycles. The Morgan fingerprint density at radius 2 is 2.14 bits per heavy atom. The summed E-state index contributed by atoms with van der Waals surface area (Å²) in [4.78, 5) is 19.2. The van der Waals surface area contributed by atoms with Crippen LogP contribution in [-0.2, 0) is 6.42 Å². The van der Waals surface area contributed by atoms with Gasteiger partial charge >= 0.3 is 0 Å². The molecule has 3 aromatic rings. The fraction of sp³-hybridized carbons (Fsp3) is 0.250. The number of aryl methyl sites for hydroxylation is 1. The van der Waals surface area contributed by atoms with Gasteiger partial charge in [0.15, 0.2) is 0 Å². The standard InChI is InChI=1S/C16H17N3O2/c1-11(8-9-12-5-4-10-21-12)17-16-18-14-7-3-2-6-13(14)15(20)19-16/h2-7,10-11H,8-9H2,1H3,(H2,17,18,19,20)/t11-/m1/s1. The maximum atomic E-state index is 12.0. The minimum Gasteiger partial charge on any atom is -0.469 e. The van der Waals surface area contributed by atoms with Gasteiger partial charge in [-0.2, -0.15) is 0 Å². The van der Waals surface area contributed by atoms with E-state index >= 15 is 0 Å². The molecule has 5 nitrogen and oxygen atoms in total. The summed E-state index contributed by atoms with van der Waals surface area (Å²) in [5, 5.41) is 3.83. The Bertz CT molecular complexity index is 778. The number of furan rings is 1. The molecule has 1 aromatic carbocycles.